The Balaban J connectivity index is 1.99. The number of rotatable bonds is 7. The van der Waals surface area contributed by atoms with E-state index in [1.807, 2.05) is 0 Å². The molecule has 0 spiro atoms. The van der Waals surface area contributed by atoms with Gasteiger partial charge >= 0.3 is 5.97 Å². The summed E-state index contributed by atoms with van der Waals surface area (Å²) in [7, 11) is -3.59. The van der Waals surface area contributed by atoms with Crippen molar-refractivity contribution in [3.63, 3.8) is 0 Å². The van der Waals surface area contributed by atoms with Gasteiger partial charge in [-0.05, 0) is 36.8 Å². The third-order valence-electron chi connectivity index (χ3n) is 3.14. The van der Waals surface area contributed by atoms with E-state index in [1.165, 1.54) is 18.2 Å². The van der Waals surface area contributed by atoms with Gasteiger partial charge in [-0.15, -0.1) is 0 Å². The topological polar surface area (TPSA) is 72.5 Å². The highest BCUT2D eigenvalue weighted by atomic mass is 32.2. The van der Waals surface area contributed by atoms with Gasteiger partial charge in [0.1, 0.15) is 0 Å². The van der Waals surface area contributed by atoms with E-state index in [4.69, 9.17) is 4.74 Å². The lowest BCUT2D eigenvalue weighted by Crippen LogP contribution is -2.12. The van der Waals surface area contributed by atoms with E-state index in [0.29, 0.717) is 12.3 Å². The molecule has 0 aromatic heterocycles. The van der Waals surface area contributed by atoms with Crippen molar-refractivity contribution in [2.24, 2.45) is 0 Å². The second kappa shape index (κ2) is 8.84. The predicted molar refractivity (Wildman–Crippen MR) is 98.5 cm³/mol. The number of benzene rings is 2. The van der Waals surface area contributed by atoms with Gasteiger partial charge in [0.25, 0.3) is 10.0 Å². The zero-order valence-electron chi connectivity index (χ0n) is 13.8. The summed E-state index contributed by atoms with van der Waals surface area (Å²) < 4.78 is 31.8. The molecule has 0 bridgehead atoms. The van der Waals surface area contributed by atoms with Crippen LogP contribution in [0.2, 0.25) is 0 Å². The summed E-state index contributed by atoms with van der Waals surface area (Å²) in [5.41, 5.74) is 1.35. The summed E-state index contributed by atoms with van der Waals surface area (Å²) in [4.78, 5) is 11.4. The number of hydrogen-bond donors (Lipinski definition) is 1. The first kappa shape index (κ1) is 18.5. The maximum absolute atomic E-state index is 12.2. The van der Waals surface area contributed by atoms with E-state index in [2.05, 4.69) is 4.72 Å². The van der Waals surface area contributed by atoms with Crippen molar-refractivity contribution in [2.45, 2.75) is 11.8 Å². The van der Waals surface area contributed by atoms with E-state index in [0.717, 1.165) is 5.56 Å². The highest BCUT2D eigenvalue weighted by molar-refractivity contribution is 7.92. The maximum Gasteiger partial charge on any atom is 0.330 e. The molecule has 0 aliphatic heterocycles. The van der Waals surface area contributed by atoms with Crippen molar-refractivity contribution in [1.29, 1.82) is 0 Å². The van der Waals surface area contributed by atoms with Crippen molar-refractivity contribution in [3.05, 3.63) is 78.4 Å². The quantitative estimate of drug-likeness (QED) is 0.467. The second-order valence-corrected chi connectivity index (χ2v) is 6.69. The summed E-state index contributed by atoms with van der Waals surface area (Å²) in [5.74, 6) is -0.391. The summed E-state index contributed by atoms with van der Waals surface area (Å²) in [6.45, 7) is 2.09. The summed E-state index contributed by atoms with van der Waals surface area (Å²) in [6.07, 6.45) is 6.43. The van der Waals surface area contributed by atoms with Crippen molar-refractivity contribution in [3.8, 4) is 0 Å². The Kier molecular flexibility index (Phi) is 6.54. The van der Waals surface area contributed by atoms with Gasteiger partial charge in [0.05, 0.1) is 11.5 Å². The zero-order chi connectivity index (χ0) is 18.1. The van der Waals surface area contributed by atoms with Crippen LogP contribution in [0.5, 0.6) is 0 Å². The number of ether oxygens (including phenoxy) is 1. The van der Waals surface area contributed by atoms with Crippen LogP contribution in [0.15, 0.2) is 77.7 Å². The second-order valence-electron chi connectivity index (χ2n) is 5.01. The lowest BCUT2D eigenvalue weighted by atomic mass is 10.2. The molecule has 6 heteroatoms. The summed E-state index contributed by atoms with van der Waals surface area (Å²) in [6, 6.07) is 15.1. The highest BCUT2D eigenvalue weighted by Gasteiger charge is 2.12. The number of carbonyl (C=O) groups excluding carboxylic acids is 1. The standard InChI is InChI=1S/C19H19NO4S/c1-2-24-19(21)11-7-6-8-16-12-14-17(15-13-16)20-25(22,23)18-9-4-3-5-10-18/h3-15,20H,2H2,1H3/b8-6+,11-7+. The van der Waals surface area contributed by atoms with E-state index < -0.39 is 16.0 Å². The molecule has 0 amide bonds. The van der Waals surface area contributed by atoms with Crippen LogP contribution in [0.25, 0.3) is 6.08 Å². The van der Waals surface area contributed by atoms with Crippen LogP contribution in [0.4, 0.5) is 5.69 Å². The molecule has 0 heterocycles. The Bertz CT molecular complexity index is 854. The first-order valence-corrected chi connectivity index (χ1v) is 9.19. The Hall–Kier alpha value is -2.86. The predicted octanol–water partition coefficient (Wildman–Crippen LogP) is 3.62. The molecule has 2 aromatic carbocycles. The normalized spacial score (nSPS) is 11.7. The number of esters is 1. The monoisotopic (exact) mass is 357 g/mol. The highest BCUT2D eigenvalue weighted by Crippen LogP contribution is 2.16. The third-order valence-corrected chi connectivity index (χ3v) is 4.53. The molecule has 2 rings (SSSR count). The number of sulfonamides is 1. The molecule has 0 atom stereocenters. The van der Waals surface area contributed by atoms with Crippen molar-refractivity contribution >= 4 is 27.8 Å². The van der Waals surface area contributed by atoms with Gasteiger partial charge in [0.2, 0.25) is 0 Å². The first-order valence-electron chi connectivity index (χ1n) is 7.71. The van der Waals surface area contributed by atoms with Gasteiger partial charge in [-0.1, -0.05) is 48.6 Å². The molecule has 0 unspecified atom stereocenters. The number of allylic oxidation sites excluding steroid dienone is 2. The van der Waals surface area contributed by atoms with Crippen LogP contribution in [0.3, 0.4) is 0 Å². The van der Waals surface area contributed by atoms with Crippen molar-refractivity contribution < 1.29 is 17.9 Å². The molecule has 2 aromatic rings. The van der Waals surface area contributed by atoms with Gasteiger partial charge in [-0.2, -0.15) is 0 Å². The average Bonchev–Trinajstić information content (AvgIpc) is 2.61. The molecule has 130 valence electrons. The van der Waals surface area contributed by atoms with Crippen molar-refractivity contribution in [2.75, 3.05) is 11.3 Å². The lowest BCUT2D eigenvalue weighted by Gasteiger charge is -2.08. The molecule has 0 saturated heterocycles. The average molecular weight is 357 g/mol. The minimum atomic E-state index is -3.59. The van der Waals surface area contributed by atoms with E-state index in [-0.39, 0.29) is 4.90 Å². The number of anilines is 1. The Morgan fingerprint density at radius 1 is 1.04 bits per heavy atom. The Morgan fingerprint density at radius 2 is 1.72 bits per heavy atom. The number of hydrogen-bond acceptors (Lipinski definition) is 4. The van der Waals surface area contributed by atoms with Crippen LogP contribution >= 0.6 is 0 Å². The number of nitrogens with one attached hydrogen (secondary N) is 1. The van der Waals surface area contributed by atoms with Crippen molar-refractivity contribution in [1.82, 2.24) is 0 Å². The first-order chi connectivity index (χ1) is 12.0. The molecule has 5 nitrogen and oxygen atoms in total. The Labute approximate surface area is 147 Å². The molecule has 0 fully saturated rings. The smallest absolute Gasteiger partial charge is 0.330 e. The number of carbonyl (C=O) groups is 1. The SMILES string of the molecule is CCOC(=O)/C=C/C=C/c1ccc(NS(=O)(=O)c2ccccc2)cc1. The summed E-state index contributed by atoms with van der Waals surface area (Å²) in [5, 5.41) is 0. The van der Waals surface area contributed by atoms with Crippen LogP contribution in [-0.2, 0) is 19.6 Å². The molecule has 1 N–H and O–H groups in total. The molecular formula is C19H19NO4S. The van der Waals surface area contributed by atoms with Crippen LogP contribution in [0, 0.1) is 0 Å². The fraction of sp³-hybridized carbons (Fsp3) is 0.105. The molecule has 0 aliphatic rings. The molecule has 0 saturated carbocycles. The molecule has 25 heavy (non-hydrogen) atoms. The minimum absolute atomic E-state index is 0.211. The Morgan fingerprint density at radius 3 is 2.36 bits per heavy atom. The van der Waals surface area contributed by atoms with Crippen LogP contribution < -0.4 is 4.72 Å². The fourth-order valence-electron chi connectivity index (χ4n) is 1.97. The summed E-state index contributed by atoms with van der Waals surface area (Å²) >= 11 is 0. The molecular weight excluding hydrogens is 338 g/mol. The van der Waals surface area contributed by atoms with E-state index >= 15 is 0 Å². The van der Waals surface area contributed by atoms with E-state index in [1.54, 1.807) is 67.6 Å². The van der Waals surface area contributed by atoms with Gasteiger partial charge in [0.15, 0.2) is 0 Å². The largest absolute Gasteiger partial charge is 0.463 e. The van der Waals surface area contributed by atoms with Gasteiger partial charge in [0, 0.05) is 11.8 Å². The molecule has 0 radical (unpaired) electrons. The maximum atomic E-state index is 12.2. The minimum Gasteiger partial charge on any atom is -0.463 e. The van der Waals surface area contributed by atoms with Crippen LogP contribution in [-0.4, -0.2) is 21.0 Å². The van der Waals surface area contributed by atoms with Gasteiger partial charge < -0.3 is 4.74 Å². The van der Waals surface area contributed by atoms with Gasteiger partial charge in [-0.25, -0.2) is 13.2 Å². The van der Waals surface area contributed by atoms with Gasteiger partial charge in [-0.3, -0.25) is 4.72 Å². The lowest BCUT2D eigenvalue weighted by molar-refractivity contribution is -0.137. The van der Waals surface area contributed by atoms with Crippen LogP contribution in [0.1, 0.15) is 12.5 Å². The zero-order valence-corrected chi connectivity index (χ0v) is 14.6. The molecule has 0 aliphatic carbocycles. The third kappa shape index (κ3) is 5.93. The fourth-order valence-corrected chi connectivity index (χ4v) is 3.05. The van der Waals surface area contributed by atoms with E-state index in [9.17, 15) is 13.2 Å².